The fourth-order valence-corrected chi connectivity index (χ4v) is 4.33. The number of nitrogens with one attached hydrogen (secondary N) is 1. The second-order valence-electron chi connectivity index (χ2n) is 7.16. The van der Waals surface area contributed by atoms with E-state index in [4.69, 9.17) is 16.1 Å². The van der Waals surface area contributed by atoms with Gasteiger partial charge in [0, 0.05) is 55.7 Å². The summed E-state index contributed by atoms with van der Waals surface area (Å²) in [6.45, 7) is 11.0. The standard InChI is InChI=1S/C21H28BrN9/c1-4-25-20-12-27-17(22)13-30(20)14-18-26-7-6-19(28-18)31-9-8-29(5-2)21(15(31)3)16(10-23)11-24/h4,6-7,10-13,15,21,23H,1,5,8-9,14,24H2,2-3H3/b16-11+,23-10?,25-20?. The van der Waals surface area contributed by atoms with E-state index in [1.165, 1.54) is 18.6 Å². The lowest BCUT2D eigenvalue weighted by Crippen LogP contribution is -2.59. The van der Waals surface area contributed by atoms with Crippen LogP contribution in [-0.2, 0) is 6.54 Å². The number of hydrogen-bond donors (Lipinski definition) is 2. The summed E-state index contributed by atoms with van der Waals surface area (Å²) in [6, 6.07) is 2.06. The molecule has 0 saturated carbocycles. The molecule has 3 heterocycles. The number of aromatic nitrogens is 4. The van der Waals surface area contributed by atoms with Crippen LogP contribution >= 0.6 is 15.9 Å². The van der Waals surface area contributed by atoms with Gasteiger partial charge in [-0.15, -0.1) is 0 Å². The molecule has 3 rings (SSSR count). The van der Waals surface area contributed by atoms with Crippen LogP contribution in [0.15, 0.2) is 58.8 Å². The van der Waals surface area contributed by atoms with Crippen molar-refractivity contribution in [1.82, 2.24) is 24.4 Å². The Balaban J connectivity index is 1.91. The summed E-state index contributed by atoms with van der Waals surface area (Å²) in [5.41, 5.74) is 7.30. The molecule has 1 fully saturated rings. The number of rotatable bonds is 7. The summed E-state index contributed by atoms with van der Waals surface area (Å²) in [4.78, 5) is 22.4. The highest BCUT2D eigenvalue weighted by atomic mass is 79.9. The second kappa shape index (κ2) is 10.5. The number of anilines is 1. The SMILES string of the molecule is C=CN=c1cnc(Br)cn1Cc1nccc(N2CCN(CC)C(/C(C=N)=C/N)C2C)n1. The number of halogens is 1. The number of hydrogen-bond acceptors (Lipinski definition) is 8. The Morgan fingerprint density at radius 2 is 2.23 bits per heavy atom. The maximum absolute atomic E-state index is 7.78. The number of nitrogens with zero attached hydrogens (tertiary/aromatic N) is 7. The average molecular weight is 486 g/mol. The summed E-state index contributed by atoms with van der Waals surface area (Å²) < 4.78 is 2.62. The molecule has 1 aliphatic rings. The quantitative estimate of drug-likeness (QED) is 0.579. The highest BCUT2D eigenvalue weighted by Gasteiger charge is 2.35. The van der Waals surface area contributed by atoms with Gasteiger partial charge in [-0.3, -0.25) is 4.90 Å². The zero-order valence-corrected chi connectivity index (χ0v) is 19.4. The van der Waals surface area contributed by atoms with E-state index < -0.39 is 0 Å². The van der Waals surface area contributed by atoms with Crippen LogP contribution in [0.3, 0.4) is 0 Å². The van der Waals surface area contributed by atoms with Gasteiger partial charge >= 0.3 is 0 Å². The lowest BCUT2D eigenvalue weighted by atomic mass is 9.95. The molecule has 10 heteroatoms. The van der Waals surface area contributed by atoms with Crippen molar-refractivity contribution in [2.75, 3.05) is 24.5 Å². The first-order chi connectivity index (χ1) is 15.0. The number of piperazine rings is 1. The van der Waals surface area contributed by atoms with Crippen LogP contribution in [0.1, 0.15) is 19.7 Å². The molecule has 31 heavy (non-hydrogen) atoms. The molecule has 1 saturated heterocycles. The third kappa shape index (κ3) is 5.08. The van der Waals surface area contributed by atoms with Crippen LogP contribution in [0.25, 0.3) is 0 Å². The van der Waals surface area contributed by atoms with Crippen molar-refractivity contribution in [3.05, 3.63) is 65.1 Å². The fraction of sp³-hybridized carbons (Fsp3) is 0.381. The van der Waals surface area contributed by atoms with Gasteiger partial charge < -0.3 is 20.6 Å². The molecular weight excluding hydrogens is 458 g/mol. The smallest absolute Gasteiger partial charge is 0.151 e. The van der Waals surface area contributed by atoms with Crippen molar-refractivity contribution >= 4 is 28.0 Å². The Labute approximate surface area is 190 Å². The molecule has 0 bridgehead atoms. The van der Waals surface area contributed by atoms with E-state index in [0.717, 1.165) is 31.0 Å². The molecule has 2 aromatic rings. The molecule has 9 nitrogen and oxygen atoms in total. The number of likely N-dealkylation sites (N-methyl/N-ethyl adjacent to an activating group) is 1. The maximum Gasteiger partial charge on any atom is 0.151 e. The Morgan fingerprint density at radius 3 is 2.90 bits per heavy atom. The molecule has 0 amide bonds. The van der Waals surface area contributed by atoms with Gasteiger partial charge in [0.15, 0.2) is 5.49 Å². The third-order valence-corrected chi connectivity index (χ3v) is 5.87. The minimum Gasteiger partial charge on any atom is -0.404 e. The van der Waals surface area contributed by atoms with E-state index in [2.05, 4.69) is 61.1 Å². The van der Waals surface area contributed by atoms with Crippen LogP contribution < -0.4 is 16.1 Å². The van der Waals surface area contributed by atoms with Gasteiger partial charge in [-0.05, 0) is 35.5 Å². The molecule has 2 aromatic heterocycles. The molecule has 1 aliphatic heterocycles. The Hall–Kier alpha value is -2.85. The van der Waals surface area contributed by atoms with E-state index >= 15 is 0 Å². The molecule has 164 valence electrons. The van der Waals surface area contributed by atoms with E-state index in [-0.39, 0.29) is 12.1 Å². The van der Waals surface area contributed by atoms with Crippen molar-refractivity contribution < 1.29 is 0 Å². The zero-order valence-electron chi connectivity index (χ0n) is 17.8. The van der Waals surface area contributed by atoms with E-state index in [1.54, 1.807) is 12.4 Å². The predicted octanol–water partition coefficient (Wildman–Crippen LogP) is 1.92. The normalized spacial score (nSPS) is 20.7. The molecule has 0 aliphatic carbocycles. The lowest BCUT2D eigenvalue weighted by Gasteiger charge is -2.47. The van der Waals surface area contributed by atoms with Gasteiger partial charge in [-0.1, -0.05) is 13.5 Å². The van der Waals surface area contributed by atoms with Crippen molar-refractivity contribution in [3.63, 3.8) is 0 Å². The van der Waals surface area contributed by atoms with Gasteiger partial charge in [0.05, 0.1) is 18.8 Å². The van der Waals surface area contributed by atoms with Crippen molar-refractivity contribution in [3.8, 4) is 0 Å². The van der Waals surface area contributed by atoms with Crippen molar-refractivity contribution in [2.24, 2.45) is 10.7 Å². The summed E-state index contributed by atoms with van der Waals surface area (Å²) in [7, 11) is 0. The monoisotopic (exact) mass is 485 g/mol. The molecule has 2 atom stereocenters. The summed E-state index contributed by atoms with van der Waals surface area (Å²) >= 11 is 3.40. The fourth-order valence-electron chi connectivity index (χ4n) is 3.98. The Morgan fingerprint density at radius 1 is 1.42 bits per heavy atom. The van der Waals surface area contributed by atoms with Crippen LogP contribution in [0, 0.1) is 5.41 Å². The third-order valence-electron chi connectivity index (χ3n) is 5.46. The molecule has 2 unspecified atom stereocenters. The molecular formula is C21H28BrN9. The van der Waals surface area contributed by atoms with Crippen LogP contribution in [0.2, 0.25) is 0 Å². The van der Waals surface area contributed by atoms with Crippen molar-refractivity contribution in [2.45, 2.75) is 32.5 Å². The van der Waals surface area contributed by atoms with Gasteiger partial charge in [0.2, 0.25) is 0 Å². The van der Waals surface area contributed by atoms with Gasteiger partial charge in [0.1, 0.15) is 16.2 Å². The highest BCUT2D eigenvalue weighted by Crippen LogP contribution is 2.26. The molecule has 3 N–H and O–H groups in total. The molecule has 0 radical (unpaired) electrons. The lowest BCUT2D eigenvalue weighted by molar-refractivity contribution is 0.182. The first-order valence-corrected chi connectivity index (χ1v) is 10.9. The molecule has 0 spiro atoms. The average Bonchev–Trinajstić information content (AvgIpc) is 2.77. The summed E-state index contributed by atoms with van der Waals surface area (Å²) in [5.74, 6) is 1.53. The largest absolute Gasteiger partial charge is 0.404 e. The van der Waals surface area contributed by atoms with E-state index in [1.807, 2.05) is 16.8 Å². The highest BCUT2D eigenvalue weighted by molar-refractivity contribution is 9.10. The number of nitrogens with two attached hydrogens (primary N) is 1. The predicted molar refractivity (Wildman–Crippen MR) is 126 cm³/mol. The van der Waals surface area contributed by atoms with Crippen molar-refractivity contribution in [1.29, 1.82) is 5.41 Å². The topological polar surface area (TPSA) is 112 Å². The minimum atomic E-state index is 0.0307. The maximum atomic E-state index is 7.78. The zero-order chi connectivity index (χ0) is 22.4. The van der Waals surface area contributed by atoms with Gasteiger partial charge in [-0.2, -0.15) is 0 Å². The van der Waals surface area contributed by atoms with Gasteiger partial charge in [-0.25, -0.2) is 19.9 Å². The van der Waals surface area contributed by atoms with Gasteiger partial charge in [0.25, 0.3) is 0 Å². The van der Waals surface area contributed by atoms with Crippen LogP contribution in [-0.4, -0.2) is 62.4 Å². The summed E-state index contributed by atoms with van der Waals surface area (Å²) in [6.07, 6.45) is 9.67. The Kier molecular flexibility index (Phi) is 7.69. The van der Waals surface area contributed by atoms with Crippen LogP contribution in [0.5, 0.6) is 0 Å². The Bertz CT molecular complexity index is 1030. The first-order valence-electron chi connectivity index (χ1n) is 10.1. The second-order valence-corrected chi connectivity index (χ2v) is 7.97. The van der Waals surface area contributed by atoms with Crippen LogP contribution in [0.4, 0.5) is 5.82 Å². The van der Waals surface area contributed by atoms with E-state index in [9.17, 15) is 0 Å². The summed E-state index contributed by atoms with van der Waals surface area (Å²) in [5, 5.41) is 7.78. The van der Waals surface area contributed by atoms with E-state index in [0.29, 0.717) is 22.5 Å². The minimum absolute atomic E-state index is 0.0307. The molecule has 0 aromatic carbocycles. The first kappa shape index (κ1) is 22.8.